The average molecular weight is 403 g/mol. The van der Waals surface area contributed by atoms with Crippen LogP contribution in [0.4, 0.5) is 5.69 Å². The second kappa shape index (κ2) is 8.52. The Labute approximate surface area is 169 Å². The number of nitrogens with zero attached hydrogens (tertiary/aromatic N) is 1. The summed E-state index contributed by atoms with van der Waals surface area (Å²) < 4.78 is 11.0. The zero-order valence-electron chi connectivity index (χ0n) is 16.2. The van der Waals surface area contributed by atoms with Crippen LogP contribution in [-0.2, 0) is 16.0 Å². The number of anilines is 1. The molecule has 3 rings (SSSR count). The molecule has 0 saturated heterocycles. The molecule has 0 atom stereocenters. The molecule has 1 aliphatic rings. The van der Waals surface area contributed by atoms with Crippen molar-refractivity contribution in [2.45, 2.75) is 20.3 Å². The second-order valence-corrected chi connectivity index (χ2v) is 7.25. The first kappa shape index (κ1) is 20.0. The van der Waals surface area contributed by atoms with Crippen molar-refractivity contribution in [1.29, 1.82) is 0 Å². The lowest BCUT2D eigenvalue weighted by Gasteiger charge is -2.21. The van der Waals surface area contributed by atoms with Gasteiger partial charge in [0.1, 0.15) is 13.2 Å². The summed E-state index contributed by atoms with van der Waals surface area (Å²) in [5.41, 5.74) is 3.45. The molecule has 2 amide bonds. The van der Waals surface area contributed by atoms with Crippen LogP contribution in [0.5, 0.6) is 11.5 Å². The third-order valence-electron chi connectivity index (χ3n) is 4.56. The molecule has 0 unspecified atom stereocenters. The fourth-order valence-electron chi connectivity index (χ4n) is 3.07. The van der Waals surface area contributed by atoms with Crippen LogP contribution >= 0.6 is 11.6 Å². The normalized spacial score (nSPS) is 12.4. The van der Waals surface area contributed by atoms with Gasteiger partial charge in [-0.25, -0.2) is 0 Å². The summed E-state index contributed by atoms with van der Waals surface area (Å²) in [6.07, 6.45) is 0.115. The number of likely N-dealkylation sites (N-methyl/N-ethyl adjacent to an activating group) is 1. The number of halogens is 1. The maximum atomic E-state index is 12.5. The van der Waals surface area contributed by atoms with E-state index in [1.54, 1.807) is 19.2 Å². The van der Waals surface area contributed by atoms with Gasteiger partial charge >= 0.3 is 0 Å². The molecule has 0 radical (unpaired) electrons. The molecule has 1 N–H and O–H groups in total. The maximum Gasteiger partial charge on any atom is 0.243 e. The van der Waals surface area contributed by atoms with Crippen LogP contribution in [0.2, 0.25) is 5.02 Å². The van der Waals surface area contributed by atoms with Crippen molar-refractivity contribution in [2.75, 3.05) is 32.1 Å². The van der Waals surface area contributed by atoms with Gasteiger partial charge in [0, 0.05) is 12.7 Å². The Balaban J connectivity index is 1.62. The number of carbonyl (C=O) groups excluding carboxylic acids is 2. The van der Waals surface area contributed by atoms with Gasteiger partial charge in [-0.3, -0.25) is 9.59 Å². The van der Waals surface area contributed by atoms with Crippen molar-refractivity contribution in [2.24, 2.45) is 0 Å². The van der Waals surface area contributed by atoms with E-state index in [0.29, 0.717) is 35.3 Å². The Morgan fingerprint density at radius 2 is 1.82 bits per heavy atom. The van der Waals surface area contributed by atoms with Gasteiger partial charge in [0.2, 0.25) is 11.8 Å². The first-order valence-corrected chi connectivity index (χ1v) is 9.41. The number of rotatable bonds is 5. The van der Waals surface area contributed by atoms with Crippen LogP contribution in [-0.4, -0.2) is 43.5 Å². The predicted molar refractivity (Wildman–Crippen MR) is 108 cm³/mol. The Kier molecular flexibility index (Phi) is 6.09. The summed E-state index contributed by atoms with van der Waals surface area (Å²) >= 11 is 6.22. The van der Waals surface area contributed by atoms with E-state index in [-0.39, 0.29) is 24.8 Å². The summed E-state index contributed by atoms with van der Waals surface area (Å²) in [6.45, 7) is 4.72. The summed E-state index contributed by atoms with van der Waals surface area (Å²) in [5, 5.41) is 3.30. The lowest BCUT2D eigenvalue weighted by molar-refractivity contribution is -0.132. The summed E-state index contributed by atoms with van der Waals surface area (Å²) in [7, 11) is 1.60. The van der Waals surface area contributed by atoms with E-state index < -0.39 is 0 Å². The van der Waals surface area contributed by atoms with Crippen molar-refractivity contribution in [3.05, 3.63) is 52.0 Å². The highest BCUT2D eigenvalue weighted by atomic mass is 35.5. The minimum atomic E-state index is -0.242. The molecule has 0 aliphatic carbocycles. The Bertz CT molecular complexity index is 893. The molecule has 0 bridgehead atoms. The number of hydrogen-bond acceptors (Lipinski definition) is 4. The minimum Gasteiger partial charge on any atom is -0.486 e. The van der Waals surface area contributed by atoms with Crippen LogP contribution in [0.15, 0.2) is 30.3 Å². The highest BCUT2D eigenvalue weighted by molar-refractivity contribution is 6.32. The van der Waals surface area contributed by atoms with E-state index >= 15 is 0 Å². The van der Waals surface area contributed by atoms with Crippen LogP contribution in [0.25, 0.3) is 0 Å². The highest BCUT2D eigenvalue weighted by Gasteiger charge is 2.20. The van der Waals surface area contributed by atoms with Crippen LogP contribution in [0.1, 0.15) is 16.7 Å². The molecule has 1 heterocycles. The largest absolute Gasteiger partial charge is 0.486 e. The number of benzene rings is 2. The smallest absolute Gasteiger partial charge is 0.243 e. The van der Waals surface area contributed by atoms with Crippen molar-refractivity contribution >= 4 is 29.1 Å². The van der Waals surface area contributed by atoms with E-state index in [4.69, 9.17) is 21.1 Å². The van der Waals surface area contributed by atoms with Gasteiger partial charge in [-0.15, -0.1) is 0 Å². The molecule has 28 heavy (non-hydrogen) atoms. The van der Waals surface area contributed by atoms with E-state index in [9.17, 15) is 9.59 Å². The molecule has 0 fully saturated rings. The van der Waals surface area contributed by atoms with Gasteiger partial charge in [-0.05, 0) is 42.7 Å². The van der Waals surface area contributed by atoms with Crippen molar-refractivity contribution in [1.82, 2.24) is 4.90 Å². The number of hydrogen-bond donors (Lipinski definition) is 1. The van der Waals surface area contributed by atoms with Crippen LogP contribution in [0, 0.1) is 13.8 Å². The van der Waals surface area contributed by atoms with Crippen LogP contribution < -0.4 is 14.8 Å². The molecule has 0 spiro atoms. The number of carbonyl (C=O) groups is 2. The van der Waals surface area contributed by atoms with Gasteiger partial charge in [0.05, 0.1) is 18.0 Å². The molecule has 2 aromatic carbocycles. The lowest BCUT2D eigenvalue weighted by Crippen LogP contribution is -2.36. The maximum absolute atomic E-state index is 12.5. The number of amides is 2. The fourth-order valence-corrected chi connectivity index (χ4v) is 3.36. The van der Waals surface area contributed by atoms with Crippen molar-refractivity contribution < 1.29 is 19.1 Å². The molecule has 0 aromatic heterocycles. The third-order valence-corrected chi connectivity index (χ3v) is 4.84. The molecule has 6 nitrogen and oxygen atoms in total. The average Bonchev–Trinajstić information content (AvgIpc) is 2.65. The van der Waals surface area contributed by atoms with Gasteiger partial charge in [-0.1, -0.05) is 29.8 Å². The minimum absolute atomic E-state index is 0.0368. The Morgan fingerprint density at radius 3 is 2.54 bits per heavy atom. The molecule has 7 heteroatoms. The number of aryl methyl sites for hydroxylation is 2. The summed E-state index contributed by atoms with van der Waals surface area (Å²) in [4.78, 5) is 26.3. The zero-order valence-corrected chi connectivity index (χ0v) is 16.9. The number of fused-ring (bicyclic) bond motifs is 1. The van der Waals surface area contributed by atoms with Gasteiger partial charge in [-0.2, -0.15) is 0 Å². The van der Waals surface area contributed by atoms with Crippen LogP contribution in [0.3, 0.4) is 0 Å². The van der Waals surface area contributed by atoms with Crippen molar-refractivity contribution in [3.8, 4) is 11.5 Å². The zero-order chi connectivity index (χ0) is 20.3. The second-order valence-electron chi connectivity index (χ2n) is 6.84. The number of ether oxygens (including phenoxy) is 2. The van der Waals surface area contributed by atoms with Gasteiger partial charge < -0.3 is 19.7 Å². The van der Waals surface area contributed by atoms with E-state index in [0.717, 1.165) is 16.8 Å². The standard InChI is InChI=1S/C21H23ClN2O4/c1-13-5-4-6-14(2)20(13)23-18(25)12-24(3)19(26)11-15-9-16(22)21-17(10-15)27-7-8-28-21/h4-6,9-10H,7-8,11-12H2,1-3H3,(H,23,25). The first-order valence-electron chi connectivity index (χ1n) is 9.03. The fraction of sp³-hybridized carbons (Fsp3) is 0.333. The molecule has 2 aromatic rings. The van der Waals surface area contributed by atoms with Crippen molar-refractivity contribution in [3.63, 3.8) is 0 Å². The monoisotopic (exact) mass is 402 g/mol. The quantitative estimate of drug-likeness (QED) is 0.832. The predicted octanol–water partition coefficient (Wildman–Crippen LogP) is 3.37. The van der Waals surface area contributed by atoms with E-state index in [1.807, 2.05) is 32.0 Å². The molecular weight excluding hydrogens is 380 g/mol. The SMILES string of the molecule is Cc1cccc(C)c1NC(=O)CN(C)C(=O)Cc1cc(Cl)c2c(c1)OCCO2. The third kappa shape index (κ3) is 4.57. The molecular formula is C21H23ClN2O4. The van der Waals surface area contributed by atoms with E-state index in [1.165, 1.54) is 4.90 Å². The molecule has 148 valence electrons. The number of nitrogens with one attached hydrogen (secondary N) is 1. The number of para-hydroxylation sites is 1. The Morgan fingerprint density at radius 1 is 1.14 bits per heavy atom. The van der Waals surface area contributed by atoms with E-state index in [2.05, 4.69) is 5.32 Å². The van der Waals surface area contributed by atoms with Gasteiger partial charge in [0.15, 0.2) is 11.5 Å². The summed E-state index contributed by atoms with van der Waals surface area (Å²) in [5.74, 6) is 0.611. The first-order chi connectivity index (χ1) is 13.3. The topological polar surface area (TPSA) is 67.9 Å². The highest BCUT2D eigenvalue weighted by Crippen LogP contribution is 2.38. The van der Waals surface area contributed by atoms with Gasteiger partial charge in [0.25, 0.3) is 0 Å². The Hall–Kier alpha value is -2.73. The summed E-state index contributed by atoms with van der Waals surface area (Å²) in [6, 6.07) is 9.25. The molecule has 1 aliphatic heterocycles. The molecule has 0 saturated carbocycles. The lowest BCUT2D eigenvalue weighted by atomic mass is 10.1.